The fourth-order valence-electron chi connectivity index (χ4n) is 1.57. The van der Waals surface area contributed by atoms with Crippen molar-refractivity contribution in [3.63, 3.8) is 0 Å². The summed E-state index contributed by atoms with van der Waals surface area (Å²) >= 11 is 0. The normalized spacial score (nSPS) is 14.9. The minimum Gasteiger partial charge on any atom is -0.353 e. The van der Waals surface area contributed by atoms with Gasteiger partial charge in [-0.2, -0.15) is 0 Å². The Morgan fingerprint density at radius 1 is 1.59 bits per heavy atom. The molecule has 94 valence electrons. The molecule has 0 aromatic carbocycles. The summed E-state index contributed by atoms with van der Waals surface area (Å²) in [6.45, 7) is 1.52. The van der Waals surface area contributed by atoms with Gasteiger partial charge in [0.1, 0.15) is 12.2 Å². The lowest BCUT2D eigenvalue weighted by molar-refractivity contribution is -0.121. The number of rotatable bonds is 7. The fraction of sp³-hybridized carbons (Fsp3) is 0.727. The Hall–Kier alpha value is -1.43. The molecule has 0 unspecified atom stereocenters. The van der Waals surface area contributed by atoms with E-state index in [4.69, 9.17) is 0 Å². The lowest BCUT2D eigenvalue weighted by atomic mass is 10.3. The second-order valence-corrected chi connectivity index (χ2v) is 4.48. The molecule has 6 heteroatoms. The molecule has 1 aromatic rings. The Morgan fingerprint density at radius 3 is 3.06 bits per heavy atom. The lowest BCUT2D eigenvalue weighted by Crippen LogP contribution is -2.26. The first-order valence-corrected chi connectivity index (χ1v) is 6.08. The number of aromatic nitrogens is 3. The number of aryl methyl sites for hydroxylation is 1. The summed E-state index contributed by atoms with van der Waals surface area (Å²) < 4.78 is 1.88. The largest absolute Gasteiger partial charge is 0.353 e. The third-order valence-corrected chi connectivity index (χ3v) is 2.79. The molecule has 1 fully saturated rings. The van der Waals surface area contributed by atoms with Crippen LogP contribution < -0.4 is 10.6 Å². The molecule has 2 rings (SSSR count). The van der Waals surface area contributed by atoms with Crippen molar-refractivity contribution in [3.8, 4) is 0 Å². The fourth-order valence-corrected chi connectivity index (χ4v) is 1.57. The number of nitrogens with zero attached hydrogens (tertiary/aromatic N) is 3. The quantitative estimate of drug-likeness (QED) is 0.653. The predicted molar refractivity (Wildman–Crippen MR) is 63.1 cm³/mol. The molecule has 1 aliphatic rings. The van der Waals surface area contributed by atoms with Crippen LogP contribution >= 0.6 is 0 Å². The number of amides is 1. The molecule has 1 heterocycles. The van der Waals surface area contributed by atoms with Crippen LogP contribution in [0.3, 0.4) is 0 Å². The van der Waals surface area contributed by atoms with Crippen molar-refractivity contribution in [1.29, 1.82) is 0 Å². The van der Waals surface area contributed by atoms with Crippen molar-refractivity contribution in [1.82, 2.24) is 25.4 Å². The highest BCUT2D eigenvalue weighted by Gasteiger charge is 2.22. The van der Waals surface area contributed by atoms with Gasteiger partial charge in [-0.05, 0) is 25.8 Å². The van der Waals surface area contributed by atoms with Gasteiger partial charge >= 0.3 is 0 Å². The molecule has 2 N–H and O–H groups in total. The van der Waals surface area contributed by atoms with Crippen molar-refractivity contribution in [3.05, 3.63) is 12.2 Å². The van der Waals surface area contributed by atoms with Crippen LogP contribution in [0.2, 0.25) is 0 Å². The molecule has 0 spiro atoms. The van der Waals surface area contributed by atoms with E-state index in [2.05, 4.69) is 20.8 Å². The zero-order chi connectivity index (χ0) is 12.1. The van der Waals surface area contributed by atoms with E-state index in [1.54, 1.807) is 6.33 Å². The molecule has 1 aliphatic carbocycles. The summed E-state index contributed by atoms with van der Waals surface area (Å²) in [4.78, 5) is 11.4. The standard InChI is InChI=1S/C11H19N5O/c1-16-8-13-15-10(16)7-12-6-2-3-11(17)14-9-4-5-9/h8-9,12H,2-7H2,1H3,(H,14,17). The molecule has 0 atom stereocenters. The second-order valence-electron chi connectivity index (χ2n) is 4.48. The van der Waals surface area contributed by atoms with Gasteiger partial charge in [0.05, 0.1) is 6.54 Å². The van der Waals surface area contributed by atoms with Crippen LogP contribution in [0.15, 0.2) is 6.33 Å². The van der Waals surface area contributed by atoms with Crippen LogP contribution in [0, 0.1) is 0 Å². The third-order valence-electron chi connectivity index (χ3n) is 2.79. The Kier molecular flexibility index (Phi) is 4.08. The summed E-state index contributed by atoms with van der Waals surface area (Å²) in [5.74, 6) is 1.08. The van der Waals surface area contributed by atoms with E-state index in [0.29, 0.717) is 19.0 Å². The Labute approximate surface area is 101 Å². The molecule has 1 aromatic heterocycles. The SMILES string of the molecule is Cn1cnnc1CNCCCC(=O)NC1CC1. The van der Waals surface area contributed by atoms with Gasteiger partial charge in [-0.25, -0.2) is 0 Å². The number of nitrogens with one attached hydrogen (secondary N) is 2. The molecule has 0 bridgehead atoms. The molecule has 17 heavy (non-hydrogen) atoms. The van der Waals surface area contributed by atoms with E-state index in [9.17, 15) is 4.79 Å². The Balaban J connectivity index is 1.51. The van der Waals surface area contributed by atoms with Crippen molar-refractivity contribution < 1.29 is 4.79 Å². The predicted octanol–water partition coefficient (Wildman–Crippen LogP) is -0.0365. The van der Waals surface area contributed by atoms with Gasteiger partial charge < -0.3 is 15.2 Å². The average Bonchev–Trinajstić information content (AvgIpc) is 3.01. The molecule has 1 saturated carbocycles. The second kappa shape index (κ2) is 5.77. The van der Waals surface area contributed by atoms with E-state index in [0.717, 1.165) is 31.6 Å². The van der Waals surface area contributed by atoms with Crippen LogP contribution in [-0.4, -0.2) is 33.3 Å². The molecule has 6 nitrogen and oxygen atoms in total. The summed E-state index contributed by atoms with van der Waals surface area (Å²) in [7, 11) is 1.92. The Bertz CT molecular complexity index is 372. The van der Waals surface area contributed by atoms with Gasteiger partial charge in [-0.15, -0.1) is 10.2 Å². The van der Waals surface area contributed by atoms with Crippen molar-refractivity contribution >= 4 is 5.91 Å². The maximum atomic E-state index is 11.4. The summed E-state index contributed by atoms with van der Waals surface area (Å²) in [5.41, 5.74) is 0. The smallest absolute Gasteiger partial charge is 0.220 e. The monoisotopic (exact) mass is 237 g/mol. The van der Waals surface area contributed by atoms with Gasteiger partial charge in [-0.3, -0.25) is 4.79 Å². The number of hydrogen-bond acceptors (Lipinski definition) is 4. The Morgan fingerprint density at radius 2 is 2.41 bits per heavy atom. The van der Waals surface area contributed by atoms with Crippen molar-refractivity contribution in [2.45, 2.75) is 38.3 Å². The summed E-state index contributed by atoms with van der Waals surface area (Å²) in [6, 6.07) is 0.467. The highest BCUT2D eigenvalue weighted by molar-refractivity contribution is 5.76. The number of hydrogen-bond donors (Lipinski definition) is 2. The van der Waals surface area contributed by atoms with Gasteiger partial charge in [-0.1, -0.05) is 0 Å². The van der Waals surface area contributed by atoms with E-state index < -0.39 is 0 Å². The van der Waals surface area contributed by atoms with Gasteiger partial charge in [0.25, 0.3) is 0 Å². The van der Waals surface area contributed by atoms with Crippen LogP contribution in [0.1, 0.15) is 31.5 Å². The maximum absolute atomic E-state index is 11.4. The van der Waals surface area contributed by atoms with E-state index in [-0.39, 0.29) is 5.91 Å². The van der Waals surface area contributed by atoms with Gasteiger partial charge in [0.2, 0.25) is 5.91 Å². The van der Waals surface area contributed by atoms with Crippen molar-refractivity contribution in [2.75, 3.05) is 6.54 Å². The third kappa shape index (κ3) is 4.14. The van der Waals surface area contributed by atoms with Gasteiger partial charge in [0.15, 0.2) is 0 Å². The van der Waals surface area contributed by atoms with Crippen LogP contribution in [-0.2, 0) is 18.4 Å². The zero-order valence-corrected chi connectivity index (χ0v) is 10.1. The highest BCUT2D eigenvalue weighted by atomic mass is 16.1. The summed E-state index contributed by atoms with van der Waals surface area (Å²) in [5, 5.41) is 14.0. The molecule has 0 saturated heterocycles. The molecular formula is C11H19N5O. The first-order valence-electron chi connectivity index (χ1n) is 6.08. The first kappa shape index (κ1) is 12.0. The minimum absolute atomic E-state index is 0.174. The zero-order valence-electron chi connectivity index (χ0n) is 10.1. The molecule has 0 radical (unpaired) electrons. The van der Waals surface area contributed by atoms with Gasteiger partial charge in [0, 0.05) is 19.5 Å². The molecule has 1 amide bonds. The minimum atomic E-state index is 0.174. The average molecular weight is 237 g/mol. The molecular weight excluding hydrogens is 218 g/mol. The van der Waals surface area contributed by atoms with E-state index in [1.807, 2.05) is 11.6 Å². The van der Waals surface area contributed by atoms with Crippen LogP contribution in [0.25, 0.3) is 0 Å². The first-order chi connectivity index (χ1) is 8.25. The van der Waals surface area contributed by atoms with Crippen molar-refractivity contribution in [2.24, 2.45) is 7.05 Å². The number of carbonyl (C=O) groups is 1. The van der Waals surface area contributed by atoms with Crippen LogP contribution in [0.4, 0.5) is 0 Å². The number of carbonyl (C=O) groups excluding carboxylic acids is 1. The maximum Gasteiger partial charge on any atom is 0.220 e. The molecule has 0 aliphatic heterocycles. The van der Waals surface area contributed by atoms with E-state index in [1.165, 1.54) is 0 Å². The highest BCUT2D eigenvalue weighted by Crippen LogP contribution is 2.18. The summed E-state index contributed by atoms with van der Waals surface area (Å²) in [6.07, 6.45) is 5.44. The van der Waals surface area contributed by atoms with E-state index >= 15 is 0 Å². The van der Waals surface area contributed by atoms with Crippen LogP contribution in [0.5, 0.6) is 0 Å². The topological polar surface area (TPSA) is 71.8 Å². The lowest BCUT2D eigenvalue weighted by Gasteiger charge is -2.05.